The molecule has 1 heterocycles. The minimum atomic E-state index is -0.229. The van der Waals surface area contributed by atoms with Crippen molar-refractivity contribution in [2.24, 2.45) is 0 Å². The fourth-order valence-electron chi connectivity index (χ4n) is 1.94. The summed E-state index contributed by atoms with van der Waals surface area (Å²) in [7, 11) is 1.81. The van der Waals surface area contributed by atoms with Crippen molar-refractivity contribution in [1.82, 2.24) is 15.1 Å². The van der Waals surface area contributed by atoms with Crippen molar-refractivity contribution in [2.45, 2.75) is 19.5 Å². The number of hydrogen-bond acceptors (Lipinski definition) is 2. The van der Waals surface area contributed by atoms with E-state index >= 15 is 0 Å². The average Bonchev–Trinajstić information content (AvgIpc) is 2.81. The number of aromatic nitrogens is 2. The summed E-state index contributed by atoms with van der Waals surface area (Å²) < 4.78 is 16.5. The van der Waals surface area contributed by atoms with E-state index < -0.39 is 0 Å². The number of halogens is 2. The van der Waals surface area contributed by atoms with Gasteiger partial charge in [0.15, 0.2) is 0 Å². The highest BCUT2D eigenvalue weighted by Crippen LogP contribution is 2.26. The number of hydrogen-bond donors (Lipinski definition) is 1. The number of benzene rings is 1. The van der Waals surface area contributed by atoms with Gasteiger partial charge >= 0.3 is 0 Å². The van der Waals surface area contributed by atoms with Gasteiger partial charge in [0.1, 0.15) is 5.82 Å². The zero-order valence-corrected chi connectivity index (χ0v) is 11.9. The van der Waals surface area contributed by atoms with Crippen molar-refractivity contribution < 1.29 is 4.39 Å². The van der Waals surface area contributed by atoms with Crippen molar-refractivity contribution in [3.63, 3.8) is 0 Å². The molecule has 0 radical (unpaired) electrons. The normalized spacial score (nSPS) is 12.7. The SMILES string of the molecule is CCn1cc(C(NC)c2ccc(Br)cc2F)cn1. The first-order chi connectivity index (χ1) is 8.65. The van der Waals surface area contributed by atoms with Gasteiger partial charge < -0.3 is 5.32 Å². The molecule has 18 heavy (non-hydrogen) atoms. The van der Waals surface area contributed by atoms with Crippen molar-refractivity contribution >= 4 is 15.9 Å². The summed E-state index contributed by atoms with van der Waals surface area (Å²) in [5, 5.41) is 7.34. The smallest absolute Gasteiger partial charge is 0.129 e. The molecule has 2 aromatic rings. The summed E-state index contributed by atoms with van der Waals surface area (Å²) in [6.45, 7) is 2.82. The first kappa shape index (κ1) is 13.2. The standard InChI is InChI=1S/C13H15BrFN3/c1-3-18-8-9(7-17-18)13(16-2)11-5-4-10(14)6-12(11)15/h4-8,13,16H,3H2,1-2H3. The lowest BCUT2D eigenvalue weighted by Crippen LogP contribution is -2.18. The molecule has 1 N–H and O–H groups in total. The van der Waals surface area contributed by atoms with Crippen LogP contribution in [0.3, 0.4) is 0 Å². The fourth-order valence-corrected chi connectivity index (χ4v) is 2.27. The highest BCUT2D eigenvalue weighted by atomic mass is 79.9. The monoisotopic (exact) mass is 311 g/mol. The first-order valence-corrected chi connectivity index (χ1v) is 6.59. The molecule has 1 aromatic carbocycles. The van der Waals surface area contributed by atoms with Gasteiger partial charge in [-0.1, -0.05) is 22.0 Å². The van der Waals surface area contributed by atoms with Gasteiger partial charge in [-0.05, 0) is 26.1 Å². The van der Waals surface area contributed by atoms with Gasteiger partial charge in [0.25, 0.3) is 0 Å². The first-order valence-electron chi connectivity index (χ1n) is 5.80. The maximum absolute atomic E-state index is 14.0. The van der Waals surface area contributed by atoms with Crippen LogP contribution in [0, 0.1) is 5.82 Å². The molecule has 1 unspecified atom stereocenters. The fraction of sp³-hybridized carbons (Fsp3) is 0.308. The molecule has 3 nitrogen and oxygen atoms in total. The molecule has 0 aliphatic carbocycles. The zero-order valence-electron chi connectivity index (χ0n) is 10.3. The molecule has 2 rings (SSSR count). The highest BCUT2D eigenvalue weighted by Gasteiger charge is 2.17. The lowest BCUT2D eigenvalue weighted by atomic mass is 10.0. The third-order valence-electron chi connectivity index (χ3n) is 2.87. The van der Waals surface area contributed by atoms with Crippen LogP contribution >= 0.6 is 15.9 Å². The summed E-state index contributed by atoms with van der Waals surface area (Å²) in [4.78, 5) is 0. The minimum Gasteiger partial charge on any atom is -0.309 e. The van der Waals surface area contributed by atoms with Gasteiger partial charge in [0.05, 0.1) is 12.2 Å². The minimum absolute atomic E-state index is 0.182. The predicted molar refractivity (Wildman–Crippen MR) is 72.9 cm³/mol. The van der Waals surface area contributed by atoms with Crippen LogP contribution in [0.5, 0.6) is 0 Å². The molecule has 0 saturated carbocycles. The second-order valence-electron chi connectivity index (χ2n) is 4.02. The number of aryl methyl sites for hydroxylation is 1. The summed E-state index contributed by atoms with van der Waals surface area (Å²) in [6.07, 6.45) is 3.70. The van der Waals surface area contributed by atoms with E-state index in [1.165, 1.54) is 6.07 Å². The molecule has 0 amide bonds. The predicted octanol–water partition coefficient (Wildman–Crippen LogP) is 3.11. The van der Waals surface area contributed by atoms with Crippen LogP contribution in [0.1, 0.15) is 24.1 Å². The van der Waals surface area contributed by atoms with Gasteiger partial charge in [-0.25, -0.2) is 4.39 Å². The molecule has 0 fully saturated rings. The molecular weight excluding hydrogens is 297 g/mol. The molecule has 1 aromatic heterocycles. The van der Waals surface area contributed by atoms with E-state index in [-0.39, 0.29) is 11.9 Å². The van der Waals surface area contributed by atoms with Gasteiger partial charge in [0.2, 0.25) is 0 Å². The van der Waals surface area contributed by atoms with Gasteiger partial charge in [0, 0.05) is 28.3 Å². The molecule has 0 saturated heterocycles. The van der Waals surface area contributed by atoms with Crippen molar-refractivity contribution in [2.75, 3.05) is 7.05 Å². The Morgan fingerprint density at radius 2 is 2.28 bits per heavy atom. The summed E-state index contributed by atoms with van der Waals surface area (Å²) in [6, 6.07) is 4.92. The lowest BCUT2D eigenvalue weighted by molar-refractivity contribution is 0.574. The Balaban J connectivity index is 2.38. The van der Waals surface area contributed by atoms with Crippen molar-refractivity contribution in [1.29, 1.82) is 0 Å². The van der Waals surface area contributed by atoms with E-state index in [9.17, 15) is 4.39 Å². The van der Waals surface area contributed by atoms with Crippen molar-refractivity contribution in [3.8, 4) is 0 Å². The lowest BCUT2D eigenvalue weighted by Gasteiger charge is -2.16. The van der Waals surface area contributed by atoms with Crippen molar-refractivity contribution in [3.05, 3.63) is 52.0 Å². The third-order valence-corrected chi connectivity index (χ3v) is 3.37. The second-order valence-corrected chi connectivity index (χ2v) is 4.93. The number of nitrogens with zero attached hydrogens (tertiary/aromatic N) is 2. The van der Waals surface area contributed by atoms with E-state index in [0.717, 1.165) is 16.6 Å². The van der Waals surface area contributed by atoms with E-state index in [1.54, 1.807) is 12.3 Å². The van der Waals surface area contributed by atoms with E-state index in [0.29, 0.717) is 5.56 Å². The molecule has 96 valence electrons. The third kappa shape index (κ3) is 2.62. The maximum Gasteiger partial charge on any atom is 0.129 e. The Morgan fingerprint density at radius 3 is 2.83 bits per heavy atom. The van der Waals surface area contributed by atoms with E-state index in [1.807, 2.05) is 30.9 Å². The highest BCUT2D eigenvalue weighted by molar-refractivity contribution is 9.10. The molecule has 1 atom stereocenters. The average molecular weight is 312 g/mol. The van der Waals surface area contributed by atoms with Gasteiger partial charge in [-0.2, -0.15) is 5.10 Å². The Kier molecular flexibility index (Phi) is 4.14. The molecule has 0 spiro atoms. The van der Waals surface area contributed by atoms with Crippen LogP contribution in [-0.4, -0.2) is 16.8 Å². The Hall–Kier alpha value is -1.20. The maximum atomic E-state index is 14.0. The molecule has 0 aliphatic rings. The van der Waals surface area contributed by atoms with Crippen LogP contribution in [-0.2, 0) is 6.54 Å². The van der Waals surface area contributed by atoms with Crippen LogP contribution in [0.15, 0.2) is 35.1 Å². The van der Waals surface area contributed by atoms with E-state index in [4.69, 9.17) is 0 Å². The zero-order chi connectivity index (χ0) is 13.1. The molecule has 0 bridgehead atoms. The van der Waals surface area contributed by atoms with Gasteiger partial charge in [-0.15, -0.1) is 0 Å². The number of rotatable bonds is 4. The summed E-state index contributed by atoms with van der Waals surface area (Å²) in [5.74, 6) is -0.229. The molecule has 0 aliphatic heterocycles. The second kappa shape index (κ2) is 5.63. The van der Waals surface area contributed by atoms with Crippen LogP contribution < -0.4 is 5.32 Å². The Morgan fingerprint density at radius 1 is 1.50 bits per heavy atom. The van der Waals surface area contributed by atoms with E-state index in [2.05, 4.69) is 26.3 Å². The molecular formula is C13H15BrFN3. The molecule has 5 heteroatoms. The van der Waals surface area contributed by atoms with Crippen LogP contribution in [0.4, 0.5) is 4.39 Å². The largest absolute Gasteiger partial charge is 0.309 e. The summed E-state index contributed by atoms with van der Waals surface area (Å²) in [5.41, 5.74) is 1.58. The Labute approximate surface area is 114 Å². The topological polar surface area (TPSA) is 29.9 Å². The van der Waals surface area contributed by atoms with Crippen LogP contribution in [0.2, 0.25) is 0 Å². The van der Waals surface area contributed by atoms with Crippen LogP contribution in [0.25, 0.3) is 0 Å². The number of nitrogens with one attached hydrogen (secondary N) is 1. The quantitative estimate of drug-likeness (QED) is 0.940. The van der Waals surface area contributed by atoms with Gasteiger partial charge in [-0.3, -0.25) is 4.68 Å². The Bertz CT molecular complexity index is 539. The summed E-state index contributed by atoms with van der Waals surface area (Å²) >= 11 is 3.26.